The van der Waals surface area contributed by atoms with Crippen LogP contribution in [-0.4, -0.2) is 68.6 Å². The van der Waals surface area contributed by atoms with Gasteiger partial charge in [-0.05, 0) is 18.8 Å². The first-order valence-electron chi connectivity index (χ1n) is 8.28. The van der Waals surface area contributed by atoms with E-state index >= 15 is 0 Å². The van der Waals surface area contributed by atoms with Crippen molar-refractivity contribution in [1.29, 1.82) is 0 Å². The van der Waals surface area contributed by atoms with Crippen LogP contribution in [0.4, 0.5) is 0 Å². The van der Waals surface area contributed by atoms with Gasteiger partial charge in [0.15, 0.2) is 0 Å². The maximum atomic E-state index is 12.4. The summed E-state index contributed by atoms with van der Waals surface area (Å²) in [5.41, 5.74) is 5.63. The molecule has 1 aromatic heterocycles. The monoisotopic (exact) mass is 356 g/mol. The van der Waals surface area contributed by atoms with Gasteiger partial charge in [-0.3, -0.25) is 14.3 Å². The van der Waals surface area contributed by atoms with E-state index < -0.39 is 0 Å². The van der Waals surface area contributed by atoms with Crippen molar-refractivity contribution in [2.24, 2.45) is 11.7 Å². The number of aromatic nitrogens is 3. The summed E-state index contributed by atoms with van der Waals surface area (Å²) in [7, 11) is 0. The quantitative estimate of drug-likeness (QED) is 0.793. The lowest BCUT2D eigenvalue weighted by atomic mass is 9.83. The Morgan fingerprint density at radius 3 is 2.88 bits per heavy atom. The van der Waals surface area contributed by atoms with Gasteiger partial charge in [-0.25, -0.2) is 4.98 Å². The Labute approximate surface area is 147 Å². The Balaban J connectivity index is 0.00000208. The smallest absolute Gasteiger partial charge is 0.224 e. The van der Waals surface area contributed by atoms with Crippen molar-refractivity contribution < 1.29 is 9.59 Å². The minimum Gasteiger partial charge on any atom is -0.342 e. The predicted octanol–water partition coefficient (Wildman–Crippen LogP) is -0.112. The second kappa shape index (κ2) is 8.43. The molecule has 0 radical (unpaired) electrons. The number of nitrogens with two attached hydrogens (primary N) is 1. The molecule has 2 amide bonds. The molecule has 2 N–H and O–H groups in total. The van der Waals surface area contributed by atoms with Crippen LogP contribution in [-0.2, 0) is 16.1 Å². The lowest BCUT2D eigenvalue weighted by Gasteiger charge is -2.47. The number of carbonyl (C=O) groups is 2. The number of fused-ring (bicyclic) bond motifs is 1. The van der Waals surface area contributed by atoms with Crippen LogP contribution in [0.5, 0.6) is 0 Å². The van der Waals surface area contributed by atoms with Gasteiger partial charge >= 0.3 is 0 Å². The predicted molar refractivity (Wildman–Crippen MR) is 90.4 cm³/mol. The highest BCUT2D eigenvalue weighted by Gasteiger charge is 2.39. The topological polar surface area (TPSA) is 97.3 Å². The molecule has 0 saturated carbocycles. The van der Waals surface area contributed by atoms with Crippen LogP contribution in [0.1, 0.15) is 25.7 Å². The van der Waals surface area contributed by atoms with E-state index in [0.717, 1.165) is 19.4 Å². The zero-order valence-electron chi connectivity index (χ0n) is 13.7. The second-order valence-electron chi connectivity index (χ2n) is 6.28. The number of rotatable bonds is 5. The lowest BCUT2D eigenvalue weighted by molar-refractivity contribution is -0.144. The minimum absolute atomic E-state index is 0. The van der Waals surface area contributed by atoms with Gasteiger partial charge in [0, 0.05) is 45.1 Å². The number of nitrogens with zero attached hydrogens (tertiary/aromatic N) is 5. The fraction of sp³-hybridized carbons (Fsp3) is 0.733. The summed E-state index contributed by atoms with van der Waals surface area (Å²) in [5, 5.41) is 4.02. The van der Waals surface area contributed by atoms with Gasteiger partial charge in [-0.15, -0.1) is 12.4 Å². The van der Waals surface area contributed by atoms with E-state index in [2.05, 4.69) is 10.1 Å². The van der Waals surface area contributed by atoms with Crippen molar-refractivity contribution >= 4 is 24.2 Å². The molecular formula is C15H25ClN6O2. The first kappa shape index (κ1) is 18.7. The van der Waals surface area contributed by atoms with Crippen molar-refractivity contribution in [2.45, 2.75) is 38.3 Å². The van der Waals surface area contributed by atoms with Gasteiger partial charge in [-0.1, -0.05) is 0 Å². The Bertz CT molecular complexity index is 552. The highest BCUT2D eigenvalue weighted by molar-refractivity contribution is 5.85. The molecule has 24 heavy (non-hydrogen) atoms. The van der Waals surface area contributed by atoms with E-state index in [1.807, 2.05) is 9.80 Å². The number of halogens is 1. The Morgan fingerprint density at radius 1 is 1.33 bits per heavy atom. The normalized spacial score (nSPS) is 23.6. The third kappa shape index (κ3) is 4.05. The summed E-state index contributed by atoms with van der Waals surface area (Å²) >= 11 is 0. The molecule has 0 aliphatic carbocycles. The largest absolute Gasteiger partial charge is 0.342 e. The van der Waals surface area contributed by atoms with Crippen LogP contribution in [0.15, 0.2) is 12.7 Å². The van der Waals surface area contributed by atoms with Crippen LogP contribution in [0, 0.1) is 5.92 Å². The molecular weight excluding hydrogens is 332 g/mol. The maximum Gasteiger partial charge on any atom is 0.224 e. The molecule has 3 rings (SSSR count). The summed E-state index contributed by atoms with van der Waals surface area (Å²) in [6, 6.07) is 0.249. The van der Waals surface area contributed by atoms with Gasteiger partial charge in [0.05, 0.1) is 6.54 Å². The minimum atomic E-state index is 0. The number of piperidine rings is 2. The Morgan fingerprint density at radius 2 is 2.17 bits per heavy atom. The summed E-state index contributed by atoms with van der Waals surface area (Å²) in [6.45, 7) is 3.14. The maximum absolute atomic E-state index is 12.4. The van der Waals surface area contributed by atoms with Crippen LogP contribution in [0.2, 0.25) is 0 Å². The van der Waals surface area contributed by atoms with Crippen molar-refractivity contribution in [2.75, 3.05) is 26.2 Å². The first-order chi connectivity index (χ1) is 11.2. The molecule has 0 aromatic carbocycles. The van der Waals surface area contributed by atoms with Gasteiger partial charge in [0.1, 0.15) is 12.7 Å². The molecule has 9 heteroatoms. The highest BCUT2D eigenvalue weighted by Crippen LogP contribution is 2.31. The first-order valence-corrected chi connectivity index (χ1v) is 8.28. The molecule has 3 heterocycles. The molecule has 8 nitrogen and oxygen atoms in total. The van der Waals surface area contributed by atoms with Crippen molar-refractivity contribution in [3.05, 3.63) is 12.7 Å². The van der Waals surface area contributed by atoms with Crippen LogP contribution < -0.4 is 5.73 Å². The Kier molecular flexibility index (Phi) is 6.56. The summed E-state index contributed by atoms with van der Waals surface area (Å²) in [5.74, 6) is 0.743. The SMILES string of the molecule is Cl.NCCN1C(=O)CC[C@H]2CN(C(=O)CCn3cncn3)CC[C@H]21. The molecule has 2 aliphatic heterocycles. The van der Waals surface area contributed by atoms with Crippen LogP contribution >= 0.6 is 12.4 Å². The van der Waals surface area contributed by atoms with Crippen molar-refractivity contribution in [1.82, 2.24) is 24.6 Å². The van der Waals surface area contributed by atoms with E-state index in [1.165, 1.54) is 6.33 Å². The van der Waals surface area contributed by atoms with E-state index in [-0.39, 0.29) is 30.3 Å². The third-order valence-corrected chi connectivity index (χ3v) is 4.89. The highest BCUT2D eigenvalue weighted by atomic mass is 35.5. The molecule has 0 bridgehead atoms. The Hall–Kier alpha value is -1.67. The number of aryl methyl sites for hydroxylation is 1. The standard InChI is InChI=1S/C15H24N6O2.ClH/c16-5-8-21-13-3-6-19(9-12(13)1-2-15(21)23)14(22)4-7-20-11-17-10-18-20;/h10-13H,1-9,16H2;1H/t12-,13+;/m0./s1. The van der Waals surface area contributed by atoms with Gasteiger partial charge < -0.3 is 15.5 Å². The molecule has 0 unspecified atom stereocenters. The second-order valence-corrected chi connectivity index (χ2v) is 6.28. The molecule has 2 aliphatic rings. The van der Waals surface area contributed by atoms with Crippen LogP contribution in [0.3, 0.4) is 0 Å². The fourth-order valence-electron chi connectivity index (χ4n) is 3.72. The van der Waals surface area contributed by atoms with Crippen LogP contribution in [0.25, 0.3) is 0 Å². The zero-order chi connectivity index (χ0) is 16.2. The van der Waals surface area contributed by atoms with E-state index in [0.29, 0.717) is 44.9 Å². The summed E-state index contributed by atoms with van der Waals surface area (Å²) < 4.78 is 1.67. The van der Waals surface area contributed by atoms with Crippen molar-refractivity contribution in [3.63, 3.8) is 0 Å². The number of amides is 2. The summed E-state index contributed by atoms with van der Waals surface area (Å²) in [6.07, 6.45) is 5.83. The summed E-state index contributed by atoms with van der Waals surface area (Å²) in [4.78, 5) is 32.2. The average molecular weight is 357 g/mol. The van der Waals surface area contributed by atoms with E-state index in [4.69, 9.17) is 5.73 Å². The number of likely N-dealkylation sites (tertiary alicyclic amines) is 2. The third-order valence-electron chi connectivity index (χ3n) is 4.89. The molecule has 2 atom stereocenters. The number of carbonyl (C=O) groups excluding carboxylic acids is 2. The average Bonchev–Trinajstić information content (AvgIpc) is 3.08. The molecule has 1 aromatic rings. The molecule has 134 valence electrons. The molecule has 2 saturated heterocycles. The molecule has 2 fully saturated rings. The molecule has 0 spiro atoms. The van der Waals surface area contributed by atoms with E-state index in [9.17, 15) is 9.59 Å². The number of hydrogen-bond donors (Lipinski definition) is 1. The fourth-order valence-corrected chi connectivity index (χ4v) is 3.72. The van der Waals surface area contributed by atoms with Crippen molar-refractivity contribution in [3.8, 4) is 0 Å². The van der Waals surface area contributed by atoms with E-state index in [1.54, 1.807) is 11.0 Å². The lowest BCUT2D eigenvalue weighted by Crippen LogP contribution is -2.57. The van der Waals surface area contributed by atoms with Gasteiger partial charge in [-0.2, -0.15) is 5.10 Å². The van der Waals surface area contributed by atoms with Gasteiger partial charge in [0.2, 0.25) is 11.8 Å². The zero-order valence-corrected chi connectivity index (χ0v) is 14.5. The van der Waals surface area contributed by atoms with Gasteiger partial charge in [0.25, 0.3) is 0 Å². The number of hydrogen-bond acceptors (Lipinski definition) is 5.